The van der Waals surface area contributed by atoms with Crippen LogP contribution in [0.3, 0.4) is 0 Å². The zero-order valence-corrected chi connectivity index (χ0v) is 19.3. The van der Waals surface area contributed by atoms with Gasteiger partial charge in [-0.3, -0.25) is 4.90 Å². The number of nitrogens with zero attached hydrogens (tertiary/aromatic N) is 3. The van der Waals surface area contributed by atoms with Crippen LogP contribution in [-0.2, 0) is 0 Å². The average Bonchev–Trinajstić information content (AvgIpc) is 3.44. The molecule has 0 bridgehead atoms. The van der Waals surface area contributed by atoms with E-state index in [-0.39, 0.29) is 12.3 Å². The summed E-state index contributed by atoms with van der Waals surface area (Å²) in [4.78, 5) is 7.24. The van der Waals surface area contributed by atoms with Gasteiger partial charge < -0.3 is 15.1 Å². The first-order chi connectivity index (χ1) is 17.4. The number of rotatable bonds is 4. The van der Waals surface area contributed by atoms with Crippen molar-refractivity contribution in [2.75, 3.05) is 20.0 Å². The van der Waals surface area contributed by atoms with E-state index in [1.54, 1.807) is 0 Å². The van der Waals surface area contributed by atoms with Crippen molar-refractivity contribution >= 4 is 39.8 Å². The van der Waals surface area contributed by atoms with Gasteiger partial charge in [-0.15, -0.1) is 0 Å². The van der Waals surface area contributed by atoms with Crippen molar-refractivity contribution in [1.29, 1.82) is 0 Å². The molecule has 1 aliphatic carbocycles. The minimum atomic E-state index is 0.00253. The molecule has 0 saturated heterocycles. The number of allylic oxidation sites excluding steroid dienone is 2. The average molecular weight is 455 g/mol. The maximum absolute atomic E-state index is 3.83. The van der Waals surface area contributed by atoms with Gasteiger partial charge in [0.05, 0.1) is 28.8 Å². The molecule has 170 valence electrons. The second kappa shape index (κ2) is 8.10. The monoisotopic (exact) mass is 454 g/mol. The Hall–Kier alpha value is -4.44. The summed E-state index contributed by atoms with van der Waals surface area (Å²) in [7, 11) is 0. The maximum Gasteiger partial charge on any atom is 0.187 e. The molecule has 4 nitrogen and oxygen atoms in total. The summed E-state index contributed by atoms with van der Waals surface area (Å²) in [5.41, 5.74) is 8.37. The lowest BCUT2D eigenvalue weighted by Gasteiger charge is -2.33. The number of hydrogen-bond donors (Lipinski definition) is 1. The molecule has 4 aromatic carbocycles. The van der Waals surface area contributed by atoms with Gasteiger partial charge in [0.25, 0.3) is 0 Å². The molecule has 3 aliphatic rings. The van der Waals surface area contributed by atoms with E-state index in [2.05, 4.69) is 147 Å². The molecule has 4 heteroatoms. The fourth-order valence-electron chi connectivity index (χ4n) is 5.53. The van der Waals surface area contributed by atoms with E-state index in [1.165, 1.54) is 34.1 Å². The fourth-order valence-corrected chi connectivity index (χ4v) is 5.53. The molecule has 4 aromatic rings. The Bertz CT molecular complexity index is 1430. The van der Waals surface area contributed by atoms with E-state index in [4.69, 9.17) is 0 Å². The largest absolute Gasteiger partial charge is 0.346 e. The van der Waals surface area contributed by atoms with Gasteiger partial charge in [0.15, 0.2) is 6.29 Å². The van der Waals surface area contributed by atoms with E-state index in [0.29, 0.717) is 0 Å². The number of hydrogen-bond acceptors (Lipinski definition) is 4. The van der Waals surface area contributed by atoms with Crippen molar-refractivity contribution in [2.45, 2.75) is 18.8 Å². The second-order valence-corrected chi connectivity index (χ2v) is 9.11. The molecule has 7 rings (SSSR count). The van der Waals surface area contributed by atoms with E-state index < -0.39 is 0 Å². The molecule has 0 aromatic heterocycles. The van der Waals surface area contributed by atoms with Crippen LogP contribution < -0.4 is 20.0 Å². The van der Waals surface area contributed by atoms with Gasteiger partial charge in [-0.1, -0.05) is 72.8 Å². The number of anilines is 7. The van der Waals surface area contributed by atoms with Crippen molar-refractivity contribution in [3.8, 4) is 0 Å². The highest BCUT2D eigenvalue weighted by Crippen LogP contribution is 2.53. The number of benzene rings is 4. The van der Waals surface area contributed by atoms with E-state index in [1.807, 2.05) is 0 Å². The molecule has 2 heterocycles. The molecular weight excluding hydrogens is 428 g/mol. The number of nitrogens with one attached hydrogen (secondary N) is 1. The predicted octanol–water partition coefficient (Wildman–Crippen LogP) is 7.71. The molecule has 35 heavy (non-hydrogen) atoms. The quantitative estimate of drug-likeness (QED) is 0.341. The third kappa shape index (κ3) is 3.22. The summed E-state index contributed by atoms with van der Waals surface area (Å²) >= 11 is 0. The smallest absolute Gasteiger partial charge is 0.187 e. The lowest BCUT2D eigenvalue weighted by molar-refractivity contribution is 0.785. The fraction of sp³-hybridized carbons (Fsp3) is 0.0968. The Morgan fingerprint density at radius 3 is 2.11 bits per heavy atom. The zero-order chi connectivity index (χ0) is 23.2. The van der Waals surface area contributed by atoms with Crippen LogP contribution in [0.4, 0.5) is 39.8 Å². The Kier molecular flexibility index (Phi) is 4.62. The Labute approximate surface area is 206 Å². The standard InChI is InChI=1S/C31H26N4/c1-4-12-23(13-5-1)33(24-14-6-2-7-15-24)26-20-21-28-27(22-26)32-31-34(25-16-8-3-9-17-25)29-18-10-11-19-30(29)35(28)31/h1-14,16-22,24,31-32H,15H2. The van der Waals surface area contributed by atoms with E-state index >= 15 is 0 Å². The van der Waals surface area contributed by atoms with Crippen LogP contribution in [-0.4, -0.2) is 12.3 Å². The molecule has 0 fully saturated rings. The number of para-hydroxylation sites is 4. The van der Waals surface area contributed by atoms with Crippen molar-refractivity contribution in [3.05, 3.63) is 127 Å². The molecule has 2 atom stereocenters. The first-order valence-electron chi connectivity index (χ1n) is 12.2. The van der Waals surface area contributed by atoms with Crippen LogP contribution in [0.15, 0.2) is 127 Å². The lowest BCUT2D eigenvalue weighted by Crippen LogP contribution is -2.40. The Morgan fingerprint density at radius 2 is 1.37 bits per heavy atom. The highest BCUT2D eigenvalue weighted by molar-refractivity contribution is 5.96. The van der Waals surface area contributed by atoms with Gasteiger partial charge >= 0.3 is 0 Å². The zero-order valence-electron chi connectivity index (χ0n) is 19.3. The second-order valence-electron chi connectivity index (χ2n) is 9.11. The summed E-state index contributed by atoms with van der Waals surface area (Å²) in [5.74, 6) is 0. The molecule has 2 aliphatic heterocycles. The van der Waals surface area contributed by atoms with Gasteiger partial charge in [0, 0.05) is 17.1 Å². The maximum atomic E-state index is 3.83. The molecule has 0 saturated carbocycles. The van der Waals surface area contributed by atoms with E-state index in [0.717, 1.165) is 12.1 Å². The molecule has 1 N–H and O–H groups in total. The topological polar surface area (TPSA) is 21.8 Å². The number of fused-ring (bicyclic) bond motifs is 5. The highest BCUT2D eigenvalue weighted by atomic mass is 15.5. The van der Waals surface area contributed by atoms with Crippen LogP contribution >= 0.6 is 0 Å². The van der Waals surface area contributed by atoms with Gasteiger partial charge in [0.1, 0.15) is 0 Å². The Morgan fingerprint density at radius 1 is 0.657 bits per heavy atom. The minimum absolute atomic E-state index is 0.00253. The van der Waals surface area contributed by atoms with Crippen molar-refractivity contribution in [1.82, 2.24) is 0 Å². The molecule has 2 unspecified atom stereocenters. The van der Waals surface area contributed by atoms with Crippen molar-refractivity contribution in [3.63, 3.8) is 0 Å². The van der Waals surface area contributed by atoms with Crippen LogP contribution in [0.25, 0.3) is 0 Å². The van der Waals surface area contributed by atoms with Gasteiger partial charge in [-0.25, -0.2) is 0 Å². The van der Waals surface area contributed by atoms with Gasteiger partial charge in [-0.05, 0) is 61.0 Å². The van der Waals surface area contributed by atoms with Crippen LogP contribution in [0.2, 0.25) is 0 Å². The predicted molar refractivity (Wildman–Crippen MR) is 146 cm³/mol. The highest BCUT2D eigenvalue weighted by Gasteiger charge is 2.43. The first-order valence-corrected chi connectivity index (χ1v) is 12.2. The Balaban J connectivity index is 1.32. The van der Waals surface area contributed by atoms with Crippen LogP contribution in [0.1, 0.15) is 6.42 Å². The van der Waals surface area contributed by atoms with Gasteiger partial charge in [0.2, 0.25) is 0 Å². The van der Waals surface area contributed by atoms with Crippen LogP contribution in [0, 0.1) is 0 Å². The van der Waals surface area contributed by atoms with Crippen LogP contribution in [0.5, 0.6) is 0 Å². The van der Waals surface area contributed by atoms with E-state index in [9.17, 15) is 0 Å². The third-order valence-electron chi connectivity index (χ3n) is 7.05. The molecule has 0 amide bonds. The summed E-state index contributed by atoms with van der Waals surface area (Å²) in [6.07, 6.45) is 9.81. The first kappa shape index (κ1) is 20.0. The normalized spacial score (nSPS) is 19.2. The summed E-state index contributed by atoms with van der Waals surface area (Å²) < 4.78 is 0. The summed E-state index contributed by atoms with van der Waals surface area (Å²) in [6, 6.07) is 37.1. The lowest BCUT2D eigenvalue weighted by atomic mass is 10.0. The van der Waals surface area contributed by atoms with Crippen molar-refractivity contribution < 1.29 is 0 Å². The molecule has 0 radical (unpaired) electrons. The minimum Gasteiger partial charge on any atom is -0.346 e. The third-order valence-corrected chi connectivity index (χ3v) is 7.05. The summed E-state index contributed by atoms with van der Waals surface area (Å²) in [6.45, 7) is 0. The molecular formula is C31H26N4. The summed E-state index contributed by atoms with van der Waals surface area (Å²) in [5, 5.41) is 3.83. The molecule has 0 spiro atoms. The van der Waals surface area contributed by atoms with Gasteiger partial charge in [-0.2, -0.15) is 0 Å². The SMILES string of the molecule is C1=CCC(N(c2ccccc2)c2ccc3c(c2)NC2N(c4ccccc4)c4ccccc4N32)C=C1. The van der Waals surface area contributed by atoms with Crippen molar-refractivity contribution in [2.24, 2.45) is 0 Å².